The predicted octanol–water partition coefficient (Wildman–Crippen LogP) is 3.62. The molecule has 1 aromatic rings. The SMILES string of the molecule is CC(C)(N)CCC1CCCc2ccccc21. The fraction of sp³-hybridized carbons (Fsp3) is 0.600. The van der Waals surface area contributed by atoms with E-state index < -0.39 is 0 Å². The fourth-order valence-corrected chi connectivity index (χ4v) is 2.70. The van der Waals surface area contributed by atoms with E-state index in [1.165, 1.54) is 25.7 Å². The summed E-state index contributed by atoms with van der Waals surface area (Å²) in [7, 11) is 0. The van der Waals surface area contributed by atoms with Gasteiger partial charge in [-0.15, -0.1) is 0 Å². The van der Waals surface area contributed by atoms with Crippen molar-refractivity contribution in [2.24, 2.45) is 5.73 Å². The minimum absolute atomic E-state index is 0.0214. The summed E-state index contributed by atoms with van der Waals surface area (Å²) in [5.41, 5.74) is 9.20. The zero-order chi connectivity index (χ0) is 11.6. The van der Waals surface area contributed by atoms with Crippen LogP contribution in [0.2, 0.25) is 0 Å². The first-order valence-corrected chi connectivity index (χ1v) is 6.43. The summed E-state index contributed by atoms with van der Waals surface area (Å²) in [6, 6.07) is 8.93. The summed E-state index contributed by atoms with van der Waals surface area (Å²) >= 11 is 0. The molecule has 0 bridgehead atoms. The Morgan fingerprint density at radius 1 is 1.31 bits per heavy atom. The second-order valence-electron chi connectivity index (χ2n) is 5.82. The first kappa shape index (κ1) is 11.7. The van der Waals surface area contributed by atoms with Gasteiger partial charge in [-0.25, -0.2) is 0 Å². The normalized spacial score (nSPS) is 20.6. The van der Waals surface area contributed by atoms with Crippen molar-refractivity contribution in [2.45, 2.75) is 57.4 Å². The third-order valence-corrected chi connectivity index (χ3v) is 3.63. The average molecular weight is 217 g/mol. The molecule has 1 aliphatic rings. The van der Waals surface area contributed by atoms with Crippen molar-refractivity contribution in [1.82, 2.24) is 0 Å². The largest absolute Gasteiger partial charge is 0.326 e. The van der Waals surface area contributed by atoms with Crippen LogP contribution in [0, 0.1) is 0 Å². The van der Waals surface area contributed by atoms with Crippen molar-refractivity contribution < 1.29 is 0 Å². The minimum atomic E-state index is -0.0214. The van der Waals surface area contributed by atoms with Gasteiger partial charge in [0.1, 0.15) is 0 Å². The fourth-order valence-electron chi connectivity index (χ4n) is 2.70. The van der Waals surface area contributed by atoms with Gasteiger partial charge < -0.3 is 5.73 Å². The molecule has 0 fully saturated rings. The van der Waals surface area contributed by atoms with Gasteiger partial charge in [0.05, 0.1) is 0 Å². The number of rotatable bonds is 3. The number of hydrogen-bond donors (Lipinski definition) is 1. The molecule has 0 saturated carbocycles. The van der Waals surface area contributed by atoms with Crippen LogP contribution in [-0.4, -0.2) is 5.54 Å². The van der Waals surface area contributed by atoms with Crippen molar-refractivity contribution in [3.05, 3.63) is 35.4 Å². The van der Waals surface area contributed by atoms with Crippen molar-refractivity contribution >= 4 is 0 Å². The van der Waals surface area contributed by atoms with Crippen molar-refractivity contribution in [2.75, 3.05) is 0 Å². The Kier molecular flexibility index (Phi) is 3.34. The molecule has 1 heteroatoms. The second-order valence-corrected chi connectivity index (χ2v) is 5.82. The van der Waals surface area contributed by atoms with Crippen molar-refractivity contribution in [1.29, 1.82) is 0 Å². The van der Waals surface area contributed by atoms with Crippen LogP contribution in [0.4, 0.5) is 0 Å². The first-order valence-electron chi connectivity index (χ1n) is 6.43. The van der Waals surface area contributed by atoms with Crippen LogP contribution in [0.25, 0.3) is 0 Å². The van der Waals surface area contributed by atoms with Crippen LogP contribution in [0.5, 0.6) is 0 Å². The molecule has 0 radical (unpaired) electrons. The molecular formula is C15H23N. The van der Waals surface area contributed by atoms with Crippen LogP contribution in [0.1, 0.15) is 56.6 Å². The summed E-state index contributed by atoms with van der Waals surface area (Å²) in [6.45, 7) is 4.25. The van der Waals surface area contributed by atoms with E-state index in [4.69, 9.17) is 5.73 Å². The lowest BCUT2D eigenvalue weighted by Crippen LogP contribution is -2.32. The number of aryl methyl sites for hydroxylation is 1. The maximum Gasteiger partial charge on any atom is 0.00972 e. The molecule has 0 spiro atoms. The highest BCUT2D eigenvalue weighted by molar-refractivity contribution is 5.32. The molecule has 0 aromatic heterocycles. The Bertz CT molecular complexity index is 349. The zero-order valence-corrected chi connectivity index (χ0v) is 10.5. The van der Waals surface area contributed by atoms with E-state index in [2.05, 4.69) is 38.1 Å². The second kappa shape index (κ2) is 4.58. The molecule has 1 aliphatic carbocycles. The molecule has 0 aliphatic heterocycles. The number of benzene rings is 1. The van der Waals surface area contributed by atoms with E-state index >= 15 is 0 Å². The molecule has 1 unspecified atom stereocenters. The van der Waals surface area contributed by atoms with Crippen LogP contribution in [0.3, 0.4) is 0 Å². The van der Waals surface area contributed by atoms with E-state index in [0.717, 1.165) is 12.3 Å². The van der Waals surface area contributed by atoms with E-state index in [-0.39, 0.29) is 5.54 Å². The Labute approximate surface area is 99.0 Å². The third-order valence-electron chi connectivity index (χ3n) is 3.63. The zero-order valence-electron chi connectivity index (χ0n) is 10.5. The van der Waals surface area contributed by atoms with Gasteiger partial charge in [0.15, 0.2) is 0 Å². The molecule has 1 aromatic carbocycles. The van der Waals surface area contributed by atoms with Gasteiger partial charge in [-0.05, 0) is 63.0 Å². The maximum absolute atomic E-state index is 6.07. The van der Waals surface area contributed by atoms with Crippen LogP contribution < -0.4 is 5.73 Å². The van der Waals surface area contributed by atoms with Crippen LogP contribution in [0.15, 0.2) is 24.3 Å². The number of hydrogen-bond acceptors (Lipinski definition) is 1. The molecule has 16 heavy (non-hydrogen) atoms. The Morgan fingerprint density at radius 2 is 2.06 bits per heavy atom. The lowest BCUT2D eigenvalue weighted by molar-refractivity contribution is 0.408. The molecule has 2 N–H and O–H groups in total. The van der Waals surface area contributed by atoms with Gasteiger partial charge in [-0.1, -0.05) is 24.3 Å². The lowest BCUT2D eigenvalue weighted by atomic mass is 9.79. The monoisotopic (exact) mass is 217 g/mol. The number of nitrogens with two attached hydrogens (primary N) is 1. The minimum Gasteiger partial charge on any atom is -0.326 e. The number of fused-ring (bicyclic) bond motifs is 1. The Morgan fingerprint density at radius 3 is 2.81 bits per heavy atom. The van der Waals surface area contributed by atoms with Gasteiger partial charge in [0.2, 0.25) is 0 Å². The van der Waals surface area contributed by atoms with Gasteiger partial charge in [0, 0.05) is 5.54 Å². The van der Waals surface area contributed by atoms with Gasteiger partial charge >= 0.3 is 0 Å². The molecule has 1 atom stereocenters. The quantitative estimate of drug-likeness (QED) is 0.822. The van der Waals surface area contributed by atoms with Gasteiger partial charge in [-0.3, -0.25) is 0 Å². The summed E-state index contributed by atoms with van der Waals surface area (Å²) < 4.78 is 0. The van der Waals surface area contributed by atoms with E-state index in [9.17, 15) is 0 Å². The lowest BCUT2D eigenvalue weighted by Gasteiger charge is -2.28. The smallest absolute Gasteiger partial charge is 0.00972 e. The van der Waals surface area contributed by atoms with E-state index in [0.29, 0.717) is 0 Å². The van der Waals surface area contributed by atoms with E-state index in [1.54, 1.807) is 11.1 Å². The Hall–Kier alpha value is -0.820. The highest BCUT2D eigenvalue weighted by Crippen LogP contribution is 2.35. The standard InChI is InChI=1S/C15H23N/c1-15(2,16)11-10-13-8-5-7-12-6-3-4-9-14(12)13/h3-4,6,9,13H,5,7-8,10-11,16H2,1-2H3. The highest BCUT2D eigenvalue weighted by atomic mass is 14.7. The summed E-state index contributed by atoms with van der Waals surface area (Å²) in [5.74, 6) is 0.743. The molecule has 2 rings (SSSR count). The summed E-state index contributed by atoms with van der Waals surface area (Å²) in [6.07, 6.45) is 6.30. The van der Waals surface area contributed by atoms with Crippen molar-refractivity contribution in [3.63, 3.8) is 0 Å². The summed E-state index contributed by atoms with van der Waals surface area (Å²) in [4.78, 5) is 0. The van der Waals surface area contributed by atoms with Crippen LogP contribution in [-0.2, 0) is 6.42 Å². The average Bonchev–Trinajstić information content (AvgIpc) is 2.25. The molecular weight excluding hydrogens is 194 g/mol. The van der Waals surface area contributed by atoms with Crippen LogP contribution >= 0.6 is 0 Å². The molecule has 0 heterocycles. The molecule has 0 amide bonds. The van der Waals surface area contributed by atoms with Gasteiger partial charge in [-0.2, -0.15) is 0 Å². The predicted molar refractivity (Wildman–Crippen MR) is 69.6 cm³/mol. The first-order chi connectivity index (χ1) is 7.56. The molecule has 88 valence electrons. The third kappa shape index (κ3) is 2.85. The van der Waals surface area contributed by atoms with Crippen molar-refractivity contribution in [3.8, 4) is 0 Å². The van der Waals surface area contributed by atoms with E-state index in [1.807, 2.05) is 0 Å². The maximum atomic E-state index is 6.07. The molecule has 0 saturated heterocycles. The highest BCUT2D eigenvalue weighted by Gasteiger charge is 2.21. The Balaban J connectivity index is 2.07. The van der Waals surface area contributed by atoms with Gasteiger partial charge in [0.25, 0.3) is 0 Å². The molecule has 1 nitrogen and oxygen atoms in total. The summed E-state index contributed by atoms with van der Waals surface area (Å²) in [5, 5.41) is 0. The topological polar surface area (TPSA) is 26.0 Å².